The maximum atomic E-state index is 5.73. The van der Waals surface area contributed by atoms with E-state index < -0.39 is 0 Å². The third-order valence-corrected chi connectivity index (χ3v) is 2.79. The molecule has 20 heavy (non-hydrogen) atoms. The van der Waals surface area contributed by atoms with Crippen molar-refractivity contribution in [1.29, 1.82) is 0 Å². The first-order valence-corrected chi connectivity index (χ1v) is 6.84. The molecule has 0 aliphatic heterocycles. The van der Waals surface area contributed by atoms with Gasteiger partial charge in [-0.05, 0) is 25.6 Å². The standard InChI is InChI=1S/C14H20N4O2/c1-4-13-17-14(20-18-13)9-19-12-7-6-10(3)16-11(12)8-15-5-2/h6-7,15H,4-5,8-9H2,1-3H3. The van der Waals surface area contributed by atoms with Gasteiger partial charge in [-0.15, -0.1) is 0 Å². The summed E-state index contributed by atoms with van der Waals surface area (Å²) in [5.74, 6) is 1.92. The zero-order valence-electron chi connectivity index (χ0n) is 12.1. The Bertz CT molecular complexity index is 554. The quantitative estimate of drug-likeness (QED) is 0.834. The van der Waals surface area contributed by atoms with Crippen molar-refractivity contribution >= 4 is 0 Å². The van der Waals surface area contributed by atoms with Gasteiger partial charge in [0.05, 0.1) is 5.69 Å². The minimum Gasteiger partial charge on any atom is -0.482 e. The molecule has 0 saturated carbocycles. The van der Waals surface area contributed by atoms with E-state index in [0.29, 0.717) is 18.3 Å². The molecular weight excluding hydrogens is 256 g/mol. The Kier molecular flexibility index (Phi) is 5.06. The van der Waals surface area contributed by atoms with Gasteiger partial charge in [-0.3, -0.25) is 4.98 Å². The minimum atomic E-state index is 0.261. The molecule has 0 aliphatic carbocycles. The van der Waals surface area contributed by atoms with Crippen LogP contribution in [0.25, 0.3) is 0 Å². The summed E-state index contributed by atoms with van der Waals surface area (Å²) in [6.07, 6.45) is 0.751. The first kappa shape index (κ1) is 14.5. The van der Waals surface area contributed by atoms with E-state index in [1.54, 1.807) is 0 Å². The van der Waals surface area contributed by atoms with Crippen LogP contribution in [-0.4, -0.2) is 21.7 Å². The number of ether oxygens (including phenoxy) is 1. The average Bonchev–Trinajstić information content (AvgIpc) is 2.92. The smallest absolute Gasteiger partial charge is 0.264 e. The van der Waals surface area contributed by atoms with Crippen LogP contribution < -0.4 is 10.1 Å². The molecule has 0 radical (unpaired) electrons. The summed E-state index contributed by atoms with van der Waals surface area (Å²) in [5, 5.41) is 7.09. The number of aromatic nitrogens is 3. The van der Waals surface area contributed by atoms with E-state index in [0.717, 1.165) is 30.1 Å². The van der Waals surface area contributed by atoms with Crippen LogP contribution in [0.15, 0.2) is 16.7 Å². The molecule has 0 unspecified atom stereocenters. The number of aryl methyl sites for hydroxylation is 2. The zero-order chi connectivity index (χ0) is 14.4. The highest BCUT2D eigenvalue weighted by Crippen LogP contribution is 2.18. The van der Waals surface area contributed by atoms with Gasteiger partial charge >= 0.3 is 0 Å². The van der Waals surface area contributed by atoms with Crippen LogP contribution in [0, 0.1) is 6.92 Å². The molecule has 2 aromatic heterocycles. The lowest BCUT2D eigenvalue weighted by atomic mass is 10.3. The van der Waals surface area contributed by atoms with Gasteiger partial charge in [-0.1, -0.05) is 19.0 Å². The Morgan fingerprint density at radius 2 is 2.10 bits per heavy atom. The molecule has 0 fully saturated rings. The monoisotopic (exact) mass is 276 g/mol. The van der Waals surface area contributed by atoms with E-state index in [1.807, 2.05) is 26.0 Å². The van der Waals surface area contributed by atoms with E-state index in [4.69, 9.17) is 9.26 Å². The van der Waals surface area contributed by atoms with Gasteiger partial charge in [0, 0.05) is 18.7 Å². The number of nitrogens with zero attached hydrogens (tertiary/aromatic N) is 3. The molecule has 6 heteroatoms. The average molecular weight is 276 g/mol. The largest absolute Gasteiger partial charge is 0.482 e. The highest BCUT2D eigenvalue weighted by Gasteiger charge is 2.09. The summed E-state index contributed by atoms with van der Waals surface area (Å²) in [6, 6.07) is 3.85. The minimum absolute atomic E-state index is 0.261. The number of hydrogen-bond acceptors (Lipinski definition) is 6. The number of rotatable bonds is 7. The lowest BCUT2D eigenvalue weighted by molar-refractivity contribution is 0.239. The van der Waals surface area contributed by atoms with E-state index >= 15 is 0 Å². The van der Waals surface area contributed by atoms with Crippen molar-refractivity contribution in [2.75, 3.05) is 6.54 Å². The molecule has 0 amide bonds. The van der Waals surface area contributed by atoms with Crippen molar-refractivity contribution in [1.82, 2.24) is 20.4 Å². The van der Waals surface area contributed by atoms with Crippen LogP contribution >= 0.6 is 0 Å². The number of nitrogens with one attached hydrogen (secondary N) is 1. The Balaban J connectivity index is 2.04. The fourth-order valence-electron chi connectivity index (χ4n) is 1.73. The van der Waals surface area contributed by atoms with E-state index in [-0.39, 0.29) is 6.61 Å². The molecule has 6 nitrogen and oxygen atoms in total. The van der Waals surface area contributed by atoms with Crippen molar-refractivity contribution in [2.45, 2.75) is 40.3 Å². The van der Waals surface area contributed by atoms with Crippen LogP contribution in [-0.2, 0) is 19.6 Å². The number of hydrogen-bond donors (Lipinski definition) is 1. The van der Waals surface area contributed by atoms with E-state index in [1.165, 1.54) is 0 Å². The van der Waals surface area contributed by atoms with Gasteiger partial charge in [0.2, 0.25) is 0 Å². The molecule has 0 bridgehead atoms. The summed E-state index contributed by atoms with van der Waals surface area (Å²) in [6.45, 7) is 7.83. The molecule has 0 saturated heterocycles. The second-order valence-corrected chi connectivity index (χ2v) is 4.42. The maximum absolute atomic E-state index is 5.73. The summed E-state index contributed by atoms with van der Waals surface area (Å²) >= 11 is 0. The summed E-state index contributed by atoms with van der Waals surface area (Å²) in [7, 11) is 0. The van der Waals surface area contributed by atoms with Crippen LogP contribution in [0.3, 0.4) is 0 Å². The van der Waals surface area contributed by atoms with Crippen LogP contribution in [0.2, 0.25) is 0 Å². The molecule has 2 rings (SSSR count). The topological polar surface area (TPSA) is 73.1 Å². The predicted octanol–water partition coefficient (Wildman–Crippen LogP) is 2.02. The molecule has 1 N–H and O–H groups in total. The Morgan fingerprint density at radius 3 is 2.80 bits per heavy atom. The van der Waals surface area contributed by atoms with Gasteiger partial charge in [-0.25, -0.2) is 0 Å². The fourth-order valence-corrected chi connectivity index (χ4v) is 1.73. The first-order valence-electron chi connectivity index (χ1n) is 6.84. The second-order valence-electron chi connectivity index (χ2n) is 4.42. The molecule has 2 heterocycles. The predicted molar refractivity (Wildman–Crippen MR) is 74.4 cm³/mol. The molecule has 0 aromatic carbocycles. The van der Waals surface area contributed by atoms with Gasteiger partial charge in [-0.2, -0.15) is 4.98 Å². The molecule has 108 valence electrons. The Hall–Kier alpha value is -1.95. The Morgan fingerprint density at radius 1 is 1.25 bits per heavy atom. The van der Waals surface area contributed by atoms with Gasteiger partial charge in [0.15, 0.2) is 12.4 Å². The molecule has 0 spiro atoms. The van der Waals surface area contributed by atoms with Crippen molar-refractivity contribution in [3.8, 4) is 5.75 Å². The highest BCUT2D eigenvalue weighted by molar-refractivity contribution is 5.29. The van der Waals surface area contributed by atoms with E-state index in [9.17, 15) is 0 Å². The normalized spacial score (nSPS) is 10.8. The van der Waals surface area contributed by atoms with Crippen LogP contribution in [0.5, 0.6) is 5.75 Å². The summed E-state index contributed by atoms with van der Waals surface area (Å²) in [5.41, 5.74) is 1.86. The van der Waals surface area contributed by atoms with Crippen molar-refractivity contribution in [3.05, 3.63) is 35.2 Å². The van der Waals surface area contributed by atoms with Crippen molar-refractivity contribution < 1.29 is 9.26 Å². The van der Waals surface area contributed by atoms with E-state index in [2.05, 4.69) is 27.4 Å². The maximum Gasteiger partial charge on any atom is 0.264 e. The lowest BCUT2D eigenvalue weighted by Crippen LogP contribution is -2.14. The third-order valence-electron chi connectivity index (χ3n) is 2.79. The SMILES string of the molecule is CCNCc1nc(C)ccc1OCc1nc(CC)no1. The second kappa shape index (κ2) is 7.00. The van der Waals surface area contributed by atoms with Crippen molar-refractivity contribution in [3.63, 3.8) is 0 Å². The molecule has 0 atom stereocenters. The molecular formula is C14H20N4O2. The third kappa shape index (κ3) is 3.77. The van der Waals surface area contributed by atoms with Crippen molar-refractivity contribution in [2.24, 2.45) is 0 Å². The van der Waals surface area contributed by atoms with Gasteiger partial charge in [0.1, 0.15) is 5.75 Å². The Labute approximate surface area is 118 Å². The molecule has 0 aliphatic rings. The first-order chi connectivity index (χ1) is 9.72. The van der Waals surface area contributed by atoms with Crippen LogP contribution in [0.4, 0.5) is 0 Å². The molecule has 2 aromatic rings. The lowest BCUT2D eigenvalue weighted by Gasteiger charge is -2.10. The zero-order valence-corrected chi connectivity index (χ0v) is 12.1. The summed E-state index contributed by atoms with van der Waals surface area (Å²) < 4.78 is 10.8. The summed E-state index contributed by atoms with van der Waals surface area (Å²) in [4.78, 5) is 8.70. The van der Waals surface area contributed by atoms with Crippen LogP contribution in [0.1, 0.15) is 37.0 Å². The van der Waals surface area contributed by atoms with Gasteiger partial charge in [0.25, 0.3) is 5.89 Å². The van der Waals surface area contributed by atoms with Gasteiger partial charge < -0.3 is 14.6 Å². The fraction of sp³-hybridized carbons (Fsp3) is 0.500. The highest BCUT2D eigenvalue weighted by atomic mass is 16.5. The number of pyridine rings is 1.